The summed E-state index contributed by atoms with van der Waals surface area (Å²) in [5, 5.41) is 3.46. The first-order chi connectivity index (χ1) is 10.8. The number of nitrogens with two attached hydrogens (primary N) is 1. The van der Waals surface area contributed by atoms with Crippen molar-refractivity contribution < 1.29 is 4.74 Å². The smallest absolute Gasteiger partial charge is 0.219 e. The second kappa shape index (κ2) is 7.27. The Balaban J connectivity index is 1.49. The van der Waals surface area contributed by atoms with Crippen molar-refractivity contribution in [3.63, 3.8) is 0 Å². The van der Waals surface area contributed by atoms with Crippen LogP contribution in [0.1, 0.15) is 25.7 Å². The number of ether oxygens (including phenoxy) is 1. The fourth-order valence-corrected chi connectivity index (χ4v) is 2.81. The van der Waals surface area contributed by atoms with Crippen molar-refractivity contribution >= 4 is 5.69 Å². The summed E-state index contributed by atoms with van der Waals surface area (Å²) in [7, 11) is 0. The molecule has 1 fully saturated rings. The number of nitrogens with one attached hydrogen (secondary N) is 1. The van der Waals surface area contributed by atoms with E-state index in [4.69, 9.17) is 10.5 Å². The molecule has 0 unspecified atom stereocenters. The molecule has 4 nitrogen and oxygen atoms in total. The molecule has 1 aromatic carbocycles. The van der Waals surface area contributed by atoms with Gasteiger partial charge in [-0.3, -0.25) is 0 Å². The van der Waals surface area contributed by atoms with Gasteiger partial charge in [0.15, 0.2) is 0 Å². The molecule has 4 heteroatoms. The minimum atomic E-state index is 0.410. The van der Waals surface area contributed by atoms with Crippen molar-refractivity contribution in [2.75, 3.05) is 11.9 Å². The summed E-state index contributed by atoms with van der Waals surface area (Å²) in [6.45, 7) is 0.993. The van der Waals surface area contributed by atoms with Crippen LogP contribution in [-0.4, -0.2) is 17.6 Å². The zero-order valence-corrected chi connectivity index (χ0v) is 12.7. The number of pyridine rings is 1. The molecule has 0 radical (unpaired) electrons. The molecule has 1 saturated carbocycles. The van der Waals surface area contributed by atoms with Crippen LogP contribution in [-0.2, 0) is 0 Å². The van der Waals surface area contributed by atoms with Crippen LogP contribution in [0.4, 0.5) is 5.69 Å². The van der Waals surface area contributed by atoms with E-state index in [1.165, 1.54) is 12.8 Å². The minimum Gasteiger partial charge on any atom is -0.439 e. The monoisotopic (exact) mass is 297 g/mol. The average Bonchev–Trinajstić information content (AvgIpc) is 2.57. The maximum Gasteiger partial charge on any atom is 0.219 e. The van der Waals surface area contributed by atoms with Crippen LogP contribution in [0.2, 0.25) is 0 Å². The van der Waals surface area contributed by atoms with E-state index < -0.39 is 0 Å². The van der Waals surface area contributed by atoms with Gasteiger partial charge in [0.05, 0.1) is 11.9 Å². The fourth-order valence-electron chi connectivity index (χ4n) is 2.81. The second-order valence-corrected chi connectivity index (χ2v) is 5.96. The quantitative estimate of drug-likeness (QED) is 0.881. The van der Waals surface area contributed by atoms with Gasteiger partial charge in [-0.15, -0.1) is 0 Å². The maximum atomic E-state index is 5.94. The SMILES string of the molecule is NC1CCC(CNc2ccc(Oc3ccccc3)nc2)CC1. The van der Waals surface area contributed by atoms with Gasteiger partial charge in [-0.2, -0.15) is 0 Å². The Labute approximate surface area is 131 Å². The molecule has 1 aliphatic rings. The van der Waals surface area contributed by atoms with Gasteiger partial charge >= 0.3 is 0 Å². The van der Waals surface area contributed by atoms with E-state index >= 15 is 0 Å². The maximum absolute atomic E-state index is 5.94. The van der Waals surface area contributed by atoms with E-state index in [0.717, 1.165) is 36.7 Å². The Hall–Kier alpha value is -2.07. The first kappa shape index (κ1) is 14.9. The summed E-state index contributed by atoms with van der Waals surface area (Å²) in [5.41, 5.74) is 6.98. The molecule has 1 aromatic heterocycles. The van der Waals surface area contributed by atoms with E-state index in [-0.39, 0.29) is 0 Å². The lowest BCUT2D eigenvalue weighted by molar-refractivity contribution is 0.339. The van der Waals surface area contributed by atoms with E-state index in [0.29, 0.717) is 11.9 Å². The lowest BCUT2D eigenvalue weighted by atomic mass is 9.86. The normalized spacial score (nSPS) is 21.3. The molecule has 0 saturated heterocycles. The number of anilines is 1. The highest BCUT2D eigenvalue weighted by molar-refractivity contribution is 5.42. The van der Waals surface area contributed by atoms with Crippen LogP contribution in [0.25, 0.3) is 0 Å². The van der Waals surface area contributed by atoms with Gasteiger partial charge in [-0.05, 0) is 49.8 Å². The lowest BCUT2D eigenvalue weighted by Crippen LogP contribution is -2.29. The van der Waals surface area contributed by atoms with Gasteiger partial charge in [-0.25, -0.2) is 4.98 Å². The number of aromatic nitrogens is 1. The third kappa shape index (κ3) is 4.21. The first-order valence-corrected chi connectivity index (χ1v) is 7.98. The molecule has 3 N–H and O–H groups in total. The first-order valence-electron chi connectivity index (χ1n) is 7.98. The Kier molecular flexibility index (Phi) is 4.91. The molecule has 1 heterocycles. The molecule has 1 aliphatic carbocycles. The number of benzene rings is 1. The average molecular weight is 297 g/mol. The van der Waals surface area contributed by atoms with Gasteiger partial charge < -0.3 is 15.8 Å². The van der Waals surface area contributed by atoms with Crippen LogP contribution < -0.4 is 15.8 Å². The van der Waals surface area contributed by atoms with Crippen molar-refractivity contribution in [3.8, 4) is 11.6 Å². The Morgan fingerprint density at radius 2 is 1.82 bits per heavy atom. The van der Waals surface area contributed by atoms with Gasteiger partial charge in [0.1, 0.15) is 5.75 Å². The molecule has 22 heavy (non-hydrogen) atoms. The Bertz CT molecular complexity index is 563. The zero-order chi connectivity index (χ0) is 15.2. The summed E-state index contributed by atoms with van der Waals surface area (Å²) in [4.78, 5) is 4.35. The van der Waals surface area contributed by atoms with Crippen LogP contribution >= 0.6 is 0 Å². The summed E-state index contributed by atoms with van der Waals surface area (Å²) in [6, 6.07) is 14.0. The van der Waals surface area contributed by atoms with Crippen LogP contribution in [0.3, 0.4) is 0 Å². The highest BCUT2D eigenvalue weighted by Gasteiger charge is 2.18. The van der Waals surface area contributed by atoms with E-state index in [9.17, 15) is 0 Å². The molecule has 116 valence electrons. The number of nitrogens with zero attached hydrogens (tertiary/aromatic N) is 1. The number of hydrogen-bond acceptors (Lipinski definition) is 4. The summed E-state index contributed by atoms with van der Waals surface area (Å²) in [6.07, 6.45) is 6.56. The highest BCUT2D eigenvalue weighted by atomic mass is 16.5. The number of hydrogen-bond donors (Lipinski definition) is 2. The predicted octanol–water partition coefficient (Wildman–Crippen LogP) is 3.80. The fraction of sp³-hybridized carbons (Fsp3) is 0.389. The standard InChI is InChI=1S/C18H23N3O/c19-15-8-6-14(7-9-15)12-20-16-10-11-18(21-13-16)22-17-4-2-1-3-5-17/h1-5,10-11,13-15,20H,6-9,12,19H2. The summed E-state index contributed by atoms with van der Waals surface area (Å²) in [5.74, 6) is 2.13. The Morgan fingerprint density at radius 3 is 2.50 bits per heavy atom. The lowest BCUT2D eigenvalue weighted by Gasteiger charge is -2.26. The molecule has 2 aromatic rings. The van der Waals surface area contributed by atoms with E-state index in [1.54, 1.807) is 0 Å². The van der Waals surface area contributed by atoms with Gasteiger partial charge in [-0.1, -0.05) is 18.2 Å². The van der Waals surface area contributed by atoms with Gasteiger partial charge in [0, 0.05) is 18.7 Å². The molecular weight excluding hydrogens is 274 g/mol. The summed E-state index contributed by atoms with van der Waals surface area (Å²) >= 11 is 0. The molecular formula is C18H23N3O. The van der Waals surface area contributed by atoms with Gasteiger partial charge in [0.25, 0.3) is 0 Å². The molecule has 0 aliphatic heterocycles. The second-order valence-electron chi connectivity index (χ2n) is 5.96. The number of para-hydroxylation sites is 1. The van der Waals surface area contributed by atoms with Crippen LogP contribution in [0.15, 0.2) is 48.7 Å². The third-order valence-corrected chi connectivity index (χ3v) is 4.19. The van der Waals surface area contributed by atoms with E-state index in [1.807, 2.05) is 48.7 Å². The number of rotatable bonds is 5. The topological polar surface area (TPSA) is 60.2 Å². The summed E-state index contributed by atoms with van der Waals surface area (Å²) < 4.78 is 5.69. The van der Waals surface area contributed by atoms with Crippen molar-refractivity contribution in [2.45, 2.75) is 31.7 Å². The highest BCUT2D eigenvalue weighted by Crippen LogP contribution is 2.24. The molecule has 0 spiro atoms. The predicted molar refractivity (Wildman–Crippen MR) is 89.2 cm³/mol. The van der Waals surface area contributed by atoms with Crippen LogP contribution in [0.5, 0.6) is 11.6 Å². The van der Waals surface area contributed by atoms with Crippen LogP contribution in [0, 0.1) is 5.92 Å². The zero-order valence-electron chi connectivity index (χ0n) is 12.7. The Morgan fingerprint density at radius 1 is 1.05 bits per heavy atom. The van der Waals surface area contributed by atoms with E-state index in [2.05, 4.69) is 10.3 Å². The van der Waals surface area contributed by atoms with Crippen molar-refractivity contribution in [3.05, 3.63) is 48.7 Å². The van der Waals surface area contributed by atoms with Crippen molar-refractivity contribution in [1.82, 2.24) is 4.98 Å². The minimum absolute atomic E-state index is 0.410. The molecule has 0 bridgehead atoms. The molecule has 0 atom stereocenters. The molecule has 0 amide bonds. The molecule has 3 rings (SSSR count). The van der Waals surface area contributed by atoms with Gasteiger partial charge in [0.2, 0.25) is 5.88 Å². The van der Waals surface area contributed by atoms with Crippen molar-refractivity contribution in [1.29, 1.82) is 0 Å². The van der Waals surface area contributed by atoms with Crippen molar-refractivity contribution in [2.24, 2.45) is 11.7 Å². The largest absolute Gasteiger partial charge is 0.439 e. The third-order valence-electron chi connectivity index (χ3n) is 4.19.